The van der Waals surface area contributed by atoms with Crippen molar-refractivity contribution in [1.29, 1.82) is 0 Å². The first-order valence-electron chi connectivity index (χ1n) is 8.93. The molecule has 0 fully saturated rings. The maximum Gasteiger partial charge on any atom is 0.321 e. The molecule has 0 radical (unpaired) electrons. The molecule has 0 heterocycles. The number of carbonyl (C=O) groups is 3. The molecule has 0 spiro atoms. The molecule has 3 N–H and O–H groups in total. The van der Waals surface area contributed by atoms with Crippen molar-refractivity contribution in [2.24, 2.45) is 0 Å². The molecular weight excluding hydrogens is 468 g/mol. The van der Waals surface area contributed by atoms with E-state index in [-0.39, 0.29) is 33.1 Å². The Kier molecular flexibility index (Phi) is 9.11. The van der Waals surface area contributed by atoms with E-state index in [2.05, 4.69) is 10.6 Å². The zero-order valence-electron chi connectivity index (χ0n) is 16.6. The number of carbonyl (C=O) groups excluding carboxylic acids is 3. The largest absolute Gasteiger partial charge is 0.455 e. The van der Waals surface area contributed by atoms with Crippen molar-refractivity contribution in [2.45, 2.75) is 22.5 Å². The molecule has 172 valence electrons. The third-order valence-electron chi connectivity index (χ3n) is 3.63. The Balaban J connectivity index is 1.84. The second kappa shape index (κ2) is 11.5. The standard InChI is InChI=1S/C19H19F2N3O6S2/c1-12(25)23-13-6-8-14(9-7-13)32(28,29)22-10-18(27)30-11-17(26)24-15-4-2-3-5-16(15)31-19(20)21/h2-9,19,22H,10-11H2,1H3,(H,23,25)(H,24,26). The summed E-state index contributed by atoms with van der Waals surface area (Å²) in [5.74, 6) is -4.80. The van der Waals surface area contributed by atoms with Gasteiger partial charge in [0.2, 0.25) is 15.9 Å². The van der Waals surface area contributed by atoms with Crippen molar-refractivity contribution in [3.63, 3.8) is 0 Å². The van der Waals surface area contributed by atoms with Gasteiger partial charge in [0.05, 0.1) is 10.6 Å². The molecule has 0 saturated carbocycles. The van der Waals surface area contributed by atoms with E-state index in [1.54, 1.807) is 0 Å². The first-order chi connectivity index (χ1) is 15.1. The highest BCUT2D eigenvalue weighted by Crippen LogP contribution is 2.31. The summed E-state index contributed by atoms with van der Waals surface area (Å²) in [5.41, 5.74) is 0.526. The number of amides is 2. The van der Waals surface area contributed by atoms with Crippen LogP contribution in [0.15, 0.2) is 58.3 Å². The lowest BCUT2D eigenvalue weighted by molar-refractivity contribution is -0.146. The lowest BCUT2D eigenvalue weighted by Gasteiger charge is -2.11. The van der Waals surface area contributed by atoms with E-state index in [1.807, 2.05) is 4.72 Å². The first kappa shape index (κ1) is 25.2. The van der Waals surface area contributed by atoms with Gasteiger partial charge in [0.15, 0.2) is 6.61 Å². The van der Waals surface area contributed by atoms with Crippen LogP contribution in [0.3, 0.4) is 0 Å². The molecule has 9 nitrogen and oxygen atoms in total. The summed E-state index contributed by atoms with van der Waals surface area (Å²) < 4.78 is 56.3. The number of para-hydroxylation sites is 1. The van der Waals surface area contributed by atoms with Gasteiger partial charge in [-0.2, -0.15) is 13.5 Å². The van der Waals surface area contributed by atoms with Crippen LogP contribution < -0.4 is 15.4 Å². The van der Waals surface area contributed by atoms with Gasteiger partial charge >= 0.3 is 5.97 Å². The van der Waals surface area contributed by atoms with E-state index in [0.717, 1.165) is 0 Å². The van der Waals surface area contributed by atoms with Gasteiger partial charge in [0.1, 0.15) is 6.54 Å². The molecule has 2 aromatic carbocycles. The fraction of sp³-hybridized carbons (Fsp3) is 0.211. The van der Waals surface area contributed by atoms with E-state index in [0.29, 0.717) is 5.69 Å². The van der Waals surface area contributed by atoms with Crippen LogP contribution in [0.25, 0.3) is 0 Å². The third-order valence-corrected chi connectivity index (χ3v) is 5.84. The number of rotatable bonds is 10. The van der Waals surface area contributed by atoms with E-state index in [4.69, 9.17) is 4.74 Å². The predicted octanol–water partition coefficient (Wildman–Crippen LogP) is 2.42. The summed E-state index contributed by atoms with van der Waals surface area (Å²) in [6, 6.07) is 11.1. The molecule has 13 heteroatoms. The number of nitrogens with one attached hydrogen (secondary N) is 3. The molecule has 32 heavy (non-hydrogen) atoms. The van der Waals surface area contributed by atoms with Gasteiger partial charge in [-0.1, -0.05) is 23.9 Å². The SMILES string of the molecule is CC(=O)Nc1ccc(S(=O)(=O)NCC(=O)OCC(=O)Nc2ccccc2SC(F)F)cc1. The number of halogens is 2. The quantitative estimate of drug-likeness (QED) is 0.347. The van der Waals surface area contributed by atoms with Gasteiger partial charge in [0, 0.05) is 17.5 Å². The summed E-state index contributed by atoms with van der Waals surface area (Å²) in [6.45, 7) is -0.167. The molecule has 0 unspecified atom stereocenters. The molecule has 0 aliphatic carbocycles. The molecule has 0 aliphatic heterocycles. The normalized spacial score (nSPS) is 11.1. The number of thioether (sulfide) groups is 1. The Morgan fingerprint density at radius 2 is 1.69 bits per heavy atom. The zero-order chi connectivity index (χ0) is 23.7. The minimum Gasteiger partial charge on any atom is -0.455 e. The lowest BCUT2D eigenvalue weighted by atomic mass is 10.3. The summed E-state index contributed by atoms with van der Waals surface area (Å²) in [5, 5.41) is 4.84. The van der Waals surface area contributed by atoms with Crippen LogP contribution in [0.2, 0.25) is 0 Å². The number of hydrogen-bond acceptors (Lipinski definition) is 7. The molecule has 0 aliphatic rings. The van der Waals surface area contributed by atoms with Gasteiger partial charge in [-0.15, -0.1) is 0 Å². The lowest BCUT2D eigenvalue weighted by Crippen LogP contribution is -2.32. The maximum atomic E-state index is 12.6. The summed E-state index contributed by atoms with van der Waals surface area (Å²) in [4.78, 5) is 34.7. The number of benzene rings is 2. The monoisotopic (exact) mass is 487 g/mol. The fourth-order valence-electron chi connectivity index (χ4n) is 2.31. The highest BCUT2D eigenvalue weighted by atomic mass is 32.2. The van der Waals surface area contributed by atoms with Crippen molar-refractivity contribution < 1.29 is 36.3 Å². The van der Waals surface area contributed by atoms with Crippen molar-refractivity contribution in [2.75, 3.05) is 23.8 Å². The number of hydrogen-bond donors (Lipinski definition) is 3. The van der Waals surface area contributed by atoms with Crippen LogP contribution in [-0.2, 0) is 29.1 Å². The van der Waals surface area contributed by atoms with E-state index in [1.165, 1.54) is 55.5 Å². The van der Waals surface area contributed by atoms with Gasteiger partial charge in [-0.3, -0.25) is 14.4 Å². The molecule has 2 aromatic rings. The average Bonchev–Trinajstić information content (AvgIpc) is 2.72. The van der Waals surface area contributed by atoms with Crippen molar-refractivity contribution in [1.82, 2.24) is 4.72 Å². The van der Waals surface area contributed by atoms with Crippen LogP contribution in [0, 0.1) is 0 Å². The van der Waals surface area contributed by atoms with E-state index in [9.17, 15) is 31.6 Å². The fourth-order valence-corrected chi connectivity index (χ4v) is 3.87. The predicted molar refractivity (Wildman–Crippen MR) is 114 cm³/mol. The van der Waals surface area contributed by atoms with E-state index < -0.39 is 40.8 Å². The molecule has 0 saturated heterocycles. The van der Waals surface area contributed by atoms with E-state index >= 15 is 0 Å². The van der Waals surface area contributed by atoms with Crippen molar-refractivity contribution in [3.05, 3.63) is 48.5 Å². The highest BCUT2D eigenvalue weighted by molar-refractivity contribution is 7.99. The minimum atomic E-state index is -4.04. The molecule has 2 amide bonds. The molecule has 0 aromatic heterocycles. The number of sulfonamides is 1. The van der Waals surface area contributed by atoms with Crippen LogP contribution in [0.1, 0.15) is 6.92 Å². The minimum absolute atomic E-state index is 0.127. The van der Waals surface area contributed by atoms with Crippen molar-refractivity contribution >= 4 is 50.9 Å². The molecule has 2 rings (SSSR count). The Bertz CT molecular complexity index is 1080. The first-order valence-corrected chi connectivity index (χ1v) is 11.3. The Labute approximate surface area is 187 Å². The number of anilines is 2. The average molecular weight is 488 g/mol. The van der Waals surface area contributed by atoms with Gasteiger partial charge in [0.25, 0.3) is 11.7 Å². The summed E-state index contributed by atoms with van der Waals surface area (Å²) in [7, 11) is -4.04. The van der Waals surface area contributed by atoms with Gasteiger partial charge in [-0.25, -0.2) is 8.42 Å². The highest BCUT2D eigenvalue weighted by Gasteiger charge is 2.17. The maximum absolute atomic E-state index is 12.6. The molecular formula is C19H19F2N3O6S2. The third kappa shape index (κ3) is 8.24. The molecule has 0 bridgehead atoms. The van der Waals surface area contributed by atoms with Gasteiger partial charge in [-0.05, 0) is 36.4 Å². The Morgan fingerprint density at radius 1 is 1.03 bits per heavy atom. The number of alkyl halides is 2. The van der Waals surface area contributed by atoms with Crippen LogP contribution in [0.5, 0.6) is 0 Å². The second-order valence-corrected chi connectivity index (χ2v) is 8.91. The topological polar surface area (TPSA) is 131 Å². The number of ether oxygens (including phenoxy) is 1. The van der Waals surface area contributed by atoms with Crippen LogP contribution >= 0.6 is 11.8 Å². The van der Waals surface area contributed by atoms with Crippen molar-refractivity contribution in [3.8, 4) is 0 Å². The summed E-state index contributed by atoms with van der Waals surface area (Å²) in [6.07, 6.45) is 0. The Morgan fingerprint density at radius 3 is 2.31 bits per heavy atom. The second-order valence-electron chi connectivity index (χ2n) is 6.11. The summed E-state index contributed by atoms with van der Waals surface area (Å²) >= 11 is 0.251. The van der Waals surface area contributed by atoms with Crippen LogP contribution in [0.4, 0.5) is 20.2 Å². The smallest absolute Gasteiger partial charge is 0.321 e. The van der Waals surface area contributed by atoms with Crippen LogP contribution in [-0.4, -0.2) is 45.1 Å². The molecule has 0 atom stereocenters. The number of esters is 1. The zero-order valence-corrected chi connectivity index (χ0v) is 18.3. The van der Waals surface area contributed by atoms with Gasteiger partial charge < -0.3 is 15.4 Å². The Hall–Kier alpha value is -3.03.